The molecule has 0 radical (unpaired) electrons. The third kappa shape index (κ3) is 2.43. The van der Waals surface area contributed by atoms with Gasteiger partial charge in [-0.25, -0.2) is 0 Å². The highest BCUT2D eigenvalue weighted by molar-refractivity contribution is 6.31. The van der Waals surface area contributed by atoms with Crippen molar-refractivity contribution in [2.75, 3.05) is 0 Å². The van der Waals surface area contributed by atoms with Gasteiger partial charge in [-0.05, 0) is 18.2 Å². The summed E-state index contributed by atoms with van der Waals surface area (Å²) in [5.41, 5.74) is 1.24. The van der Waals surface area contributed by atoms with Crippen LogP contribution in [0.3, 0.4) is 0 Å². The maximum Gasteiger partial charge on any atom is 0.193 e. The Labute approximate surface area is 104 Å². The Hall–Kier alpha value is -1.93. The zero-order valence-electron chi connectivity index (χ0n) is 8.89. The Bertz CT molecular complexity index is 562. The molecule has 0 bridgehead atoms. The van der Waals surface area contributed by atoms with E-state index in [2.05, 4.69) is 0 Å². The van der Waals surface area contributed by atoms with Crippen LogP contribution >= 0.6 is 11.6 Å². The quantitative estimate of drug-likeness (QED) is 0.613. The van der Waals surface area contributed by atoms with Crippen molar-refractivity contribution in [3.63, 3.8) is 0 Å². The minimum Gasteiger partial charge on any atom is -0.298 e. The van der Waals surface area contributed by atoms with Gasteiger partial charge in [-0.3, -0.25) is 9.59 Å². The summed E-state index contributed by atoms with van der Waals surface area (Å²) in [5.74, 6) is -0.177. The highest BCUT2D eigenvalue weighted by Crippen LogP contribution is 2.18. The molecule has 0 aromatic heterocycles. The van der Waals surface area contributed by atoms with Crippen LogP contribution < -0.4 is 0 Å². The molecule has 3 heteroatoms. The zero-order valence-corrected chi connectivity index (χ0v) is 9.65. The minimum atomic E-state index is -0.177. The van der Waals surface area contributed by atoms with Gasteiger partial charge in [0.25, 0.3) is 0 Å². The fourth-order valence-corrected chi connectivity index (χ4v) is 1.76. The average molecular weight is 245 g/mol. The number of hydrogen-bond acceptors (Lipinski definition) is 2. The Morgan fingerprint density at radius 3 is 2.41 bits per heavy atom. The average Bonchev–Trinajstić information content (AvgIpc) is 2.39. The largest absolute Gasteiger partial charge is 0.298 e. The second-order valence-electron chi connectivity index (χ2n) is 3.54. The third-order valence-corrected chi connectivity index (χ3v) is 2.66. The van der Waals surface area contributed by atoms with Crippen molar-refractivity contribution in [2.45, 2.75) is 0 Å². The summed E-state index contributed by atoms with van der Waals surface area (Å²) < 4.78 is 0. The molecule has 0 unspecified atom stereocenters. The van der Waals surface area contributed by atoms with Crippen LogP contribution in [-0.2, 0) is 0 Å². The summed E-state index contributed by atoms with van der Waals surface area (Å²) in [6.45, 7) is 0. The van der Waals surface area contributed by atoms with Crippen molar-refractivity contribution in [1.29, 1.82) is 0 Å². The molecule has 0 heterocycles. The van der Waals surface area contributed by atoms with Crippen LogP contribution in [0.15, 0.2) is 48.5 Å². The van der Waals surface area contributed by atoms with E-state index in [1.807, 2.05) is 6.07 Å². The Morgan fingerprint density at radius 1 is 1.06 bits per heavy atom. The number of carbonyl (C=O) groups excluding carboxylic acids is 2. The molecule has 84 valence electrons. The molecule has 0 fully saturated rings. The topological polar surface area (TPSA) is 34.1 Å². The molecule has 2 nitrogen and oxygen atoms in total. The zero-order chi connectivity index (χ0) is 12.3. The van der Waals surface area contributed by atoms with Crippen LogP contribution in [0.2, 0.25) is 5.02 Å². The second kappa shape index (κ2) is 4.93. The maximum absolute atomic E-state index is 12.1. The number of benzene rings is 2. The second-order valence-corrected chi connectivity index (χ2v) is 3.98. The first kappa shape index (κ1) is 11.6. The summed E-state index contributed by atoms with van der Waals surface area (Å²) in [5, 5.41) is 0.441. The molecule has 2 rings (SSSR count). The summed E-state index contributed by atoms with van der Waals surface area (Å²) in [7, 11) is 0. The van der Waals surface area contributed by atoms with E-state index in [4.69, 9.17) is 11.6 Å². The van der Waals surface area contributed by atoms with Crippen LogP contribution in [0.5, 0.6) is 0 Å². The van der Waals surface area contributed by atoms with Gasteiger partial charge in [0, 0.05) is 21.7 Å². The van der Waals surface area contributed by atoms with Gasteiger partial charge in [-0.2, -0.15) is 0 Å². The van der Waals surface area contributed by atoms with Crippen molar-refractivity contribution in [3.05, 3.63) is 70.2 Å². The maximum atomic E-state index is 12.1. The highest BCUT2D eigenvalue weighted by Gasteiger charge is 2.13. The molecule has 2 aromatic carbocycles. The van der Waals surface area contributed by atoms with Gasteiger partial charge in [-0.1, -0.05) is 41.9 Å². The molecular formula is C14H9ClO2. The lowest BCUT2D eigenvalue weighted by atomic mass is 9.99. The first-order valence-corrected chi connectivity index (χ1v) is 5.44. The predicted octanol–water partition coefficient (Wildman–Crippen LogP) is 3.38. The molecule has 0 aliphatic carbocycles. The van der Waals surface area contributed by atoms with Crippen LogP contribution in [0.4, 0.5) is 0 Å². The molecule has 0 aliphatic heterocycles. The molecule has 0 aliphatic rings. The number of carbonyl (C=O) groups is 2. The van der Waals surface area contributed by atoms with E-state index in [0.717, 1.165) is 0 Å². The van der Waals surface area contributed by atoms with Gasteiger partial charge in [-0.15, -0.1) is 0 Å². The molecule has 0 saturated carbocycles. The summed E-state index contributed by atoms with van der Waals surface area (Å²) in [6.07, 6.45) is 0.641. The number of hydrogen-bond donors (Lipinski definition) is 0. The number of rotatable bonds is 3. The van der Waals surface area contributed by atoms with Gasteiger partial charge < -0.3 is 0 Å². The van der Waals surface area contributed by atoms with E-state index in [1.165, 1.54) is 6.07 Å². The number of aldehydes is 1. The highest BCUT2D eigenvalue weighted by atomic mass is 35.5. The van der Waals surface area contributed by atoms with Crippen LogP contribution in [0.1, 0.15) is 26.3 Å². The van der Waals surface area contributed by atoms with E-state index in [1.54, 1.807) is 36.4 Å². The molecule has 0 saturated heterocycles. The molecular weight excluding hydrogens is 236 g/mol. The van der Waals surface area contributed by atoms with Crippen molar-refractivity contribution in [1.82, 2.24) is 0 Å². The van der Waals surface area contributed by atoms with Gasteiger partial charge in [0.2, 0.25) is 0 Å². The van der Waals surface area contributed by atoms with E-state index < -0.39 is 0 Å². The van der Waals surface area contributed by atoms with Gasteiger partial charge in [0.15, 0.2) is 12.1 Å². The molecule has 0 N–H and O–H groups in total. The Balaban J connectivity index is 2.48. The number of ketones is 1. The van der Waals surface area contributed by atoms with Gasteiger partial charge in [0.1, 0.15) is 0 Å². The normalized spacial score (nSPS) is 9.94. The molecule has 0 amide bonds. The predicted molar refractivity (Wildman–Crippen MR) is 66.7 cm³/mol. The van der Waals surface area contributed by atoms with Gasteiger partial charge in [0.05, 0.1) is 0 Å². The summed E-state index contributed by atoms with van der Waals surface area (Å²) in [6, 6.07) is 13.5. The van der Waals surface area contributed by atoms with E-state index in [0.29, 0.717) is 28.0 Å². The van der Waals surface area contributed by atoms with E-state index in [9.17, 15) is 9.59 Å². The lowest BCUT2D eigenvalue weighted by Crippen LogP contribution is -2.04. The van der Waals surface area contributed by atoms with Crippen LogP contribution in [-0.4, -0.2) is 12.1 Å². The Kier molecular flexibility index (Phi) is 3.35. The standard InChI is InChI=1S/C14H9ClO2/c15-12-6-7-13(11(8-12)9-16)14(17)10-4-2-1-3-5-10/h1-9H. The smallest absolute Gasteiger partial charge is 0.193 e. The molecule has 0 atom stereocenters. The molecule has 0 spiro atoms. The third-order valence-electron chi connectivity index (χ3n) is 2.42. The Morgan fingerprint density at radius 2 is 1.76 bits per heavy atom. The van der Waals surface area contributed by atoms with Gasteiger partial charge >= 0.3 is 0 Å². The lowest BCUT2D eigenvalue weighted by molar-refractivity contribution is 0.102. The summed E-state index contributed by atoms with van der Waals surface area (Å²) in [4.78, 5) is 23.0. The van der Waals surface area contributed by atoms with Crippen molar-refractivity contribution >= 4 is 23.7 Å². The monoisotopic (exact) mass is 244 g/mol. The lowest BCUT2D eigenvalue weighted by Gasteiger charge is -2.04. The SMILES string of the molecule is O=Cc1cc(Cl)ccc1C(=O)c1ccccc1. The minimum absolute atomic E-state index is 0.177. The first-order chi connectivity index (χ1) is 8.22. The van der Waals surface area contributed by atoms with Crippen molar-refractivity contribution in [2.24, 2.45) is 0 Å². The fourth-order valence-electron chi connectivity index (χ4n) is 1.58. The fraction of sp³-hybridized carbons (Fsp3) is 0. The first-order valence-electron chi connectivity index (χ1n) is 5.07. The van der Waals surface area contributed by atoms with Crippen molar-refractivity contribution < 1.29 is 9.59 Å². The number of halogens is 1. The summed E-state index contributed by atoms with van der Waals surface area (Å²) >= 11 is 5.78. The van der Waals surface area contributed by atoms with E-state index >= 15 is 0 Å². The van der Waals surface area contributed by atoms with Crippen LogP contribution in [0, 0.1) is 0 Å². The van der Waals surface area contributed by atoms with Crippen LogP contribution in [0.25, 0.3) is 0 Å². The van der Waals surface area contributed by atoms with Crippen molar-refractivity contribution in [3.8, 4) is 0 Å². The van der Waals surface area contributed by atoms with E-state index in [-0.39, 0.29) is 5.78 Å². The molecule has 2 aromatic rings. The molecule has 17 heavy (non-hydrogen) atoms.